The summed E-state index contributed by atoms with van der Waals surface area (Å²) in [7, 11) is 0. The number of alkyl halides is 2. The van der Waals surface area contributed by atoms with Gasteiger partial charge in [0.05, 0.1) is 12.2 Å². The van der Waals surface area contributed by atoms with E-state index in [1.807, 2.05) is 30.3 Å². The first kappa shape index (κ1) is 22.3. The number of ether oxygens (including phenoxy) is 2. The number of hydrogen-bond acceptors (Lipinski definition) is 4. The number of rotatable bonds is 12. The zero-order valence-electron chi connectivity index (χ0n) is 17.1. The van der Waals surface area contributed by atoms with Gasteiger partial charge >= 0.3 is 5.91 Å². The summed E-state index contributed by atoms with van der Waals surface area (Å²) in [5.41, 5.74) is 1.51. The van der Waals surface area contributed by atoms with Crippen molar-refractivity contribution >= 4 is 5.91 Å². The van der Waals surface area contributed by atoms with Crippen molar-refractivity contribution in [2.45, 2.75) is 51.6 Å². The Kier molecular flexibility index (Phi) is 7.90. The minimum absolute atomic E-state index is 0.0690. The van der Waals surface area contributed by atoms with Crippen LogP contribution in [0.4, 0.5) is 8.78 Å². The lowest BCUT2D eigenvalue weighted by atomic mass is 10.1. The van der Waals surface area contributed by atoms with Crippen molar-refractivity contribution in [3.05, 3.63) is 71.3 Å². The monoisotopic (exact) mass is 419 g/mol. The second kappa shape index (κ2) is 10.6. The van der Waals surface area contributed by atoms with Crippen LogP contribution in [0.5, 0.6) is 0 Å². The third-order valence-electron chi connectivity index (χ3n) is 4.85. The molecule has 2 aromatic rings. The van der Waals surface area contributed by atoms with Crippen molar-refractivity contribution in [2.24, 2.45) is 0 Å². The van der Waals surface area contributed by atoms with E-state index >= 15 is 0 Å². The molecule has 30 heavy (non-hydrogen) atoms. The molecule has 0 saturated heterocycles. The number of unbranched alkanes of at least 4 members (excludes halogenated alkanes) is 3. The molecule has 1 aliphatic rings. The fraction of sp³-hybridized carbons (Fsp3) is 0.435. The first-order chi connectivity index (χ1) is 14.6. The van der Waals surface area contributed by atoms with E-state index < -0.39 is 24.9 Å². The average Bonchev–Trinajstić information content (AvgIpc) is 3.00. The molecule has 7 heteroatoms. The van der Waals surface area contributed by atoms with Crippen molar-refractivity contribution in [1.82, 2.24) is 5.06 Å². The smallest absolute Gasteiger partial charge is 0.307 e. The summed E-state index contributed by atoms with van der Waals surface area (Å²) in [4.78, 5) is 18.9. The second-order valence-corrected chi connectivity index (χ2v) is 7.10. The third kappa shape index (κ3) is 5.03. The van der Waals surface area contributed by atoms with E-state index in [2.05, 4.69) is 6.92 Å². The van der Waals surface area contributed by atoms with Crippen LogP contribution in [0.2, 0.25) is 0 Å². The molecule has 1 aliphatic heterocycles. The van der Waals surface area contributed by atoms with Crippen molar-refractivity contribution in [3.63, 3.8) is 0 Å². The highest BCUT2D eigenvalue weighted by Crippen LogP contribution is 2.42. The molecule has 1 heterocycles. The Labute approximate surface area is 175 Å². The molecule has 0 aromatic heterocycles. The Morgan fingerprint density at radius 3 is 2.43 bits per heavy atom. The number of hydroxylamine groups is 2. The fourth-order valence-corrected chi connectivity index (χ4v) is 3.38. The van der Waals surface area contributed by atoms with Gasteiger partial charge in [0.1, 0.15) is 13.2 Å². The molecule has 0 aliphatic carbocycles. The topological polar surface area (TPSA) is 48.0 Å². The average molecular weight is 419 g/mol. The van der Waals surface area contributed by atoms with Crippen molar-refractivity contribution in [1.29, 1.82) is 0 Å². The molecule has 0 N–H and O–H groups in total. The Morgan fingerprint density at radius 2 is 1.70 bits per heavy atom. The minimum Gasteiger partial charge on any atom is -0.327 e. The van der Waals surface area contributed by atoms with Gasteiger partial charge in [0.25, 0.3) is 12.3 Å². The van der Waals surface area contributed by atoms with E-state index in [9.17, 15) is 13.6 Å². The molecule has 1 amide bonds. The quantitative estimate of drug-likeness (QED) is 0.348. The maximum atomic E-state index is 13.1. The number of halogens is 2. The Morgan fingerprint density at radius 1 is 0.967 bits per heavy atom. The van der Waals surface area contributed by atoms with E-state index in [0.717, 1.165) is 36.3 Å². The van der Waals surface area contributed by atoms with Crippen LogP contribution >= 0.6 is 0 Å². The molecular formula is C23H27F2NO4. The van der Waals surface area contributed by atoms with Gasteiger partial charge in [0.2, 0.25) is 0 Å². The molecule has 3 rings (SSSR count). The summed E-state index contributed by atoms with van der Waals surface area (Å²) >= 11 is 0. The molecule has 5 nitrogen and oxygen atoms in total. The molecule has 0 spiro atoms. The van der Waals surface area contributed by atoms with Crippen LogP contribution in [0.3, 0.4) is 0 Å². The lowest BCUT2D eigenvalue weighted by Gasteiger charge is -2.36. The van der Waals surface area contributed by atoms with E-state index in [-0.39, 0.29) is 13.2 Å². The number of carbonyl (C=O) groups is 1. The lowest BCUT2D eigenvalue weighted by molar-refractivity contribution is -0.397. The van der Waals surface area contributed by atoms with E-state index in [1.54, 1.807) is 24.3 Å². The third-order valence-corrected chi connectivity index (χ3v) is 4.85. The van der Waals surface area contributed by atoms with Crippen LogP contribution in [-0.2, 0) is 26.8 Å². The van der Waals surface area contributed by atoms with Gasteiger partial charge in [-0.05, 0) is 18.1 Å². The van der Waals surface area contributed by atoms with E-state index in [1.165, 1.54) is 0 Å². The van der Waals surface area contributed by atoms with E-state index in [4.69, 9.17) is 14.3 Å². The van der Waals surface area contributed by atoms with Gasteiger partial charge in [0.15, 0.2) is 0 Å². The lowest BCUT2D eigenvalue weighted by Crippen LogP contribution is -2.49. The van der Waals surface area contributed by atoms with Crippen LogP contribution in [0.25, 0.3) is 0 Å². The summed E-state index contributed by atoms with van der Waals surface area (Å²) in [6.45, 7) is 1.52. The minimum atomic E-state index is -2.72. The van der Waals surface area contributed by atoms with Crippen LogP contribution < -0.4 is 0 Å². The van der Waals surface area contributed by atoms with Gasteiger partial charge in [-0.2, -0.15) is 5.06 Å². The Bertz CT molecular complexity index is 818. The van der Waals surface area contributed by atoms with Gasteiger partial charge < -0.3 is 9.47 Å². The highest BCUT2D eigenvalue weighted by atomic mass is 19.3. The highest BCUT2D eigenvalue weighted by Gasteiger charge is 2.54. The van der Waals surface area contributed by atoms with Crippen LogP contribution in [0, 0.1) is 0 Å². The first-order valence-electron chi connectivity index (χ1n) is 10.3. The maximum Gasteiger partial charge on any atom is 0.307 e. The normalized spacial score (nSPS) is 18.3. The van der Waals surface area contributed by atoms with Crippen molar-refractivity contribution < 1.29 is 27.9 Å². The number of benzene rings is 2. The standard InChI is InChI=1S/C23H27F2NO4/c1-2-3-4-10-15-28-23(29-17-21(24)25)20-14-9-8-13-19(20)22(27)26(23)30-16-18-11-6-5-7-12-18/h5-9,11-14,21H,2-4,10,15-17H2,1H3. The number of hydrogen-bond donors (Lipinski definition) is 0. The molecule has 0 bridgehead atoms. The first-order valence-corrected chi connectivity index (χ1v) is 10.3. The molecule has 0 saturated carbocycles. The fourth-order valence-electron chi connectivity index (χ4n) is 3.38. The maximum absolute atomic E-state index is 13.1. The molecule has 1 unspecified atom stereocenters. The van der Waals surface area contributed by atoms with Crippen LogP contribution in [-0.4, -0.2) is 30.6 Å². The van der Waals surface area contributed by atoms with Crippen molar-refractivity contribution in [2.75, 3.05) is 13.2 Å². The largest absolute Gasteiger partial charge is 0.327 e. The zero-order valence-corrected chi connectivity index (χ0v) is 17.1. The predicted octanol–water partition coefficient (Wildman–Crippen LogP) is 5.26. The molecule has 162 valence electrons. The molecular weight excluding hydrogens is 392 g/mol. The summed E-state index contributed by atoms with van der Waals surface area (Å²) in [5, 5.41) is 0.965. The van der Waals surface area contributed by atoms with Gasteiger partial charge in [0, 0.05) is 5.56 Å². The highest BCUT2D eigenvalue weighted by molar-refractivity contribution is 5.98. The molecule has 0 fully saturated rings. The number of amides is 1. The van der Waals surface area contributed by atoms with Gasteiger partial charge in [-0.3, -0.25) is 9.63 Å². The van der Waals surface area contributed by atoms with E-state index in [0.29, 0.717) is 11.1 Å². The zero-order chi connectivity index (χ0) is 21.4. The SMILES string of the molecule is CCCCCCOC1(OCC(F)F)c2ccccc2C(=O)N1OCc1ccccc1. The van der Waals surface area contributed by atoms with Crippen LogP contribution in [0.1, 0.15) is 54.1 Å². The van der Waals surface area contributed by atoms with Gasteiger partial charge in [-0.25, -0.2) is 8.78 Å². The van der Waals surface area contributed by atoms with Crippen molar-refractivity contribution in [3.8, 4) is 0 Å². The summed E-state index contributed by atoms with van der Waals surface area (Å²) in [5.74, 6) is -2.32. The molecule has 0 radical (unpaired) electrons. The predicted molar refractivity (Wildman–Crippen MR) is 108 cm³/mol. The summed E-state index contributed by atoms with van der Waals surface area (Å²) in [6, 6.07) is 16.0. The van der Waals surface area contributed by atoms with Crippen LogP contribution in [0.15, 0.2) is 54.6 Å². The number of fused-ring (bicyclic) bond motifs is 1. The Hall–Kier alpha value is -2.35. The molecule has 2 aromatic carbocycles. The molecule has 1 atom stereocenters. The Balaban J connectivity index is 1.88. The number of nitrogens with zero attached hydrogens (tertiary/aromatic N) is 1. The number of carbonyl (C=O) groups excluding carboxylic acids is 1. The summed E-state index contributed by atoms with van der Waals surface area (Å²) < 4.78 is 37.7. The van der Waals surface area contributed by atoms with Gasteiger partial charge in [-0.15, -0.1) is 0 Å². The second-order valence-electron chi connectivity index (χ2n) is 7.10. The summed E-state index contributed by atoms with van der Waals surface area (Å²) in [6.07, 6.45) is 1.03. The van der Waals surface area contributed by atoms with Gasteiger partial charge in [-0.1, -0.05) is 74.7 Å².